The van der Waals surface area contributed by atoms with Gasteiger partial charge in [0.25, 0.3) is 0 Å². The summed E-state index contributed by atoms with van der Waals surface area (Å²) in [6.07, 6.45) is 3.22. The molecule has 1 aliphatic rings. The lowest BCUT2D eigenvalue weighted by Gasteiger charge is -2.11. The van der Waals surface area contributed by atoms with E-state index in [-0.39, 0.29) is 17.4 Å². The molecule has 0 heterocycles. The van der Waals surface area contributed by atoms with E-state index < -0.39 is 5.97 Å². The fourth-order valence-electron chi connectivity index (χ4n) is 0.916. The second kappa shape index (κ2) is 2.75. The number of rotatable bonds is 1. The highest BCUT2D eigenvalue weighted by atomic mass is 16.4. The average molecular weight is 155 g/mol. The second-order valence-electron chi connectivity index (χ2n) is 2.37. The number of hydrogen-bond donors (Lipinski definition) is 3. The first-order valence-electron chi connectivity index (χ1n) is 3.21. The van der Waals surface area contributed by atoms with Crippen molar-refractivity contribution in [1.29, 1.82) is 0 Å². The molecule has 0 aromatic carbocycles. The van der Waals surface area contributed by atoms with E-state index in [1.54, 1.807) is 0 Å². The maximum atomic E-state index is 10.4. The molecule has 0 amide bonds. The van der Waals surface area contributed by atoms with Crippen LogP contribution in [0.3, 0.4) is 0 Å². The first-order chi connectivity index (χ1) is 5.11. The van der Waals surface area contributed by atoms with Crippen LogP contribution < -0.4 is 5.73 Å². The van der Waals surface area contributed by atoms with Crippen molar-refractivity contribution in [2.75, 3.05) is 0 Å². The molecule has 0 aromatic rings. The number of carboxylic acid groups (broad SMARTS) is 1. The highest BCUT2D eigenvalue weighted by Crippen LogP contribution is 2.15. The zero-order valence-corrected chi connectivity index (χ0v) is 5.82. The number of carboxylic acids is 1. The van der Waals surface area contributed by atoms with Gasteiger partial charge in [-0.15, -0.1) is 0 Å². The summed E-state index contributed by atoms with van der Waals surface area (Å²) in [5, 5.41) is 17.5. The van der Waals surface area contributed by atoms with Gasteiger partial charge in [-0.2, -0.15) is 0 Å². The quantitative estimate of drug-likeness (QED) is 0.504. The van der Waals surface area contributed by atoms with Crippen molar-refractivity contribution in [3.8, 4) is 0 Å². The topological polar surface area (TPSA) is 83.5 Å². The van der Waals surface area contributed by atoms with Crippen LogP contribution in [0.1, 0.15) is 6.42 Å². The molecule has 0 saturated carbocycles. The van der Waals surface area contributed by atoms with E-state index in [2.05, 4.69) is 0 Å². The molecule has 60 valence electrons. The smallest absolute Gasteiger partial charge is 0.339 e. The molecule has 1 aliphatic carbocycles. The van der Waals surface area contributed by atoms with Gasteiger partial charge in [-0.1, -0.05) is 6.08 Å². The third-order valence-corrected chi connectivity index (χ3v) is 1.47. The molecule has 0 aliphatic heterocycles. The van der Waals surface area contributed by atoms with Crippen LogP contribution >= 0.6 is 0 Å². The molecule has 4 N–H and O–H groups in total. The van der Waals surface area contributed by atoms with Gasteiger partial charge in [-0.3, -0.25) is 0 Å². The monoisotopic (exact) mass is 155 g/mol. The standard InChI is InChI=1S/C7H9NO3/c8-4-1-2-5(7(10)11)6(9)3-4/h2-4,9H,1,8H2,(H,10,11). The van der Waals surface area contributed by atoms with Gasteiger partial charge in [0, 0.05) is 6.04 Å². The Morgan fingerprint density at radius 3 is 2.82 bits per heavy atom. The van der Waals surface area contributed by atoms with Gasteiger partial charge in [0.05, 0.1) is 5.57 Å². The number of aliphatic carboxylic acids is 1. The van der Waals surface area contributed by atoms with Crippen LogP contribution in [-0.4, -0.2) is 22.2 Å². The van der Waals surface area contributed by atoms with Gasteiger partial charge >= 0.3 is 5.97 Å². The minimum absolute atomic E-state index is 0.0632. The summed E-state index contributed by atoms with van der Waals surface area (Å²) in [6.45, 7) is 0. The summed E-state index contributed by atoms with van der Waals surface area (Å²) in [5.74, 6) is -1.36. The van der Waals surface area contributed by atoms with Crippen molar-refractivity contribution in [2.45, 2.75) is 12.5 Å². The van der Waals surface area contributed by atoms with E-state index in [1.165, 1.54) is 12.2 Å². The Bertz CT molecular complexity index is 242. The molecule has 1 rings (SSSR count). The lowest BCUT2D eigenvalue weighted by Crippen LogP contribution is -2.21. The predicted octanol–water partition coefficient (Wildman–Crippen LogP) is 0.170. The van der Waals surface area contributed by atoms with E-state index in [9.17, 15) is 4.79 Å². The Kier molecular flexibility index (Phi) is 1.96. The lowest BCUT2D eigenvalue weighted by atomic mass is 10.0. The molecule has 1 atom stereocenters. The summed E-state index contributed by atoms with van der Waals surface area (Å²) in [5.41, 5.74) is 5.35. The molecule has 0 saturated heterocycles. The van der Waals surface area contributed by atoms with Crippen molar-refractivity contribution < 1.29 is 15.0 Å². The minimum atomic E-state index is -1.12. The van der Waals surface area contributed by atoms with Crippen molar-refractivity contribution in [3.63, 3.8) is 0 Å². The lowest BCUT2D eigenvalue weighted by molar-refractivity contribution is -0.132. The van der Waals surface area contributed by atoms with E-state index in [0.29, 0.717) is 6.42 Å². The molecule has 0 spiro atoms. The molecular weight excluding hydrogens is 146 g/mol. The van der Waals surface area contributed by atoms with Crippen LogP contribution in [0, 0.1) is 0 Å². The Hall–Kier alpha value is -1.29. The summed E-state index contributed by atoms with van der Waals surface area (Å²) in [7, 11) is 0. The number of hydrogen-bond acceptors (Lipinski definition) is 3. The molecule has 1 unspecified atom stereocenters. The minimum Gasteiger partial charge on any atom is -0.507 e. The fraction of sp³-hybridized carbons (Fsp3) is 0.286. The summed E-state index contributed by atoms with van der Waals surface area (Å²) >= 11 is 0. The summed E-state index contributed by atoms with van der Waals surface area (Å²) < 4.78 is 0. The van der Waals surface area contributed by atoms with E-state index in [0.717, 1.165) is 0 Å². The number of nitrogens with two attached hydrogens (primary N) is 1. The number of aliphatic hydroxyl groups is 1. The van der Waals surface area contributed by atoms with Crippen LogP contribution in [0.2, 0.25) is 0 Å². The van der Waals surface area contributed by atoms with Crippen LogP contribution in [0.4, 0.5) is 0 Å². The van der Waals surface area contributed by atoms with Crippen LogP contribution in [0.15, 0.2) is 23.5 Å². The first kappa shape index (κ1) is 7.81. The van der Waals surface area contributed by atoms with E-state index in [1.807, 2.05) is 0 Å². The summed E-state index contributed by atoms with van der Waals surface area (Å²) in [6, 6.07) is -0.266. The van der Waals surface area contributed by atoms with Gasteiger partial charge < -0.3 is 15.9 Å². The largest absolute Gasteiger partial charge is 0.507 e. The molecule has 0 aromatic heterocycles. The summed E-state index contributed by atoms with van der Waals surface area (Å²) in [4.78, 5) is 10.4. The number of aliphatic hydroxyl groups excluding tert-OH is 1. The third-order valence-electron chi connectivity index (χ3n) is 1.47. The van der Waals surface area contributed by atoms with Gasteiger partial charge in [0.15, 0.2) is 0 Å². The molecule has 0 fully saturated rings. The molecular formula is C7H9NO3. The molecule has 4 nitrogen and oxygen atoms in total. The Morgan fingerprint density at radius 2 is 2.36 bits per heavy atom. The highest BCUT2D eigenvalue weighted by Gasteiger charge is 2.17. The van der Waals surface area contributed by atoms with Crippen molar-refractivity contribution in [2.24, 2.45) is 5.73 Å². The van der Waals surface area contributed by atoms with Crippen LogP contribution in [0.25, 0.3) is 0 Å². The molecule has 0 bridgehead atoms. The zero-order valence-electron chi connectivity index (χ0n) is 5.82. The molecule has 4 heteroatoms. The highest BCUT2D eigenvalue weighted by molar-refractivity contribution is 5.91. The van der Waals surface area contributed by atoms with E-state index >= 15 is 0 Å². The maximum absolute atomic E-state index is 10.4. The fourth-order valence-corrected chi connectivity index (χ4v) is 0.916. The SMILES string of the molecule is NC1C=C(O)C(C(=O)O)=CC1. The molecule has 11 heavy (non-hydrogen) atoms. The van der Waals surface area contributed by atoms with Crippen molar-refractivity contribution in [3.05, 3.63) is 23.5 Å². The normalized spacial score (nSPS) is 23.9. The van der Waals surface area contributed by atoms with Gasteiger partial charge in [0.1, 0.15) is 5.76 Å². The van der Waals surface area contributed by atoms with Crippen LogP contribution in [-0.2, 0) is 4.79 Å². The maximum Gasteiger partial charge on any atom is 0.339 e. The van der Waals surface area contributed by atoms with Gasteiger partial charge in [-0.05, 0) is 12.5 Å². The van der Waals surface area contributed by atoms with Gasteiger partial charge in [-0.25, -0.2) is 4.79 Å². The number of carbonyl (C=O) groups is 1. The Balaban J connectivity index is 2.86. The predicted molar refractivity (Wildman–Crippen MR) is 39.0 cm³/mol. The van der Waals surface area contributed by atoms with Crippen molar-refractivity contribution >= 4 is 5.97 Å². The third kappa shape index (κ3) is 1.59. The van der Waals surface area contributed by atoms with Crippen LogP contribution in [0.5, 0.6) is 0 Å². The van der Waals surface area contributed by atoms with Gasteiger partial charge in [0.2, 0.25) is 0 Å². The average Bonchev–Trinajstić information content (AvgIpc) is 1.85. The van der Waals surface area contributed by atoms with Crippen molar-refractivity contribution in [1.82, 2.24) is 0 Å². The molecule has 0 radical (unpaired) electrons. The second-order valence-corrected chi connectivity index (χ2v) is 2.37. The zero-order chi connectivity index (χ0) is 8.43. The van der Waals surface area contributed by atoms with E-state index in [4.69, 9.17) is 15.9 Å². The Labute approximate surface area is 63.6 Å². The Morgan fingerprint density at radius 1 is 1.73 bits per heavy atom. The first-order valence-corrected chi connectivity index (χ1v) is 3.21.